The zero-order chi connectivity index (χ0) is 7.84. The molecule has 0 spiro atoms. The number of rotatable bonds is 0. The Labute approximate surface area is 78.3 Å². The number of aliphatic hydroxyl groups is 1. The van der Waals surface area contributed by atoms with Gasteiger partial charge in [0.1, 0.15) is 18.5 Å². The fourth-order valence-corrected chi connectivity index (χ4v) is 1.63. The third-order valence-electron chi connectivity index (χ3n) is 1.73. The van der Waals surface area contributed by atoms with E-state index < -0.39 is 6.10 Å². The van der Waals surface area contributed by atoms with Crippen LogP contribution in [0.4, 0.5) is 0 Å². The van der Waals surface area contributed by atoms with Crippen molar-refractivity contribution in [1.82, 2.24) is 0 Å². The van der Waals surface area contributed by atoms with Gasteiger partial charge in [0, 0.05) is 9.13 Å². The van der Waals surface area contributed by atoms with E-state index in [1.807, 2.05) is 18.2 Å². The molecule has 2 rings (SSSR count). The molecule has 0 aliphatic carbocycles. The number of benzene rings is 1. The van der Waals surface area contributed by atoms with Gasteiger partial charge in [0.2, 0.25) is 0 Å². The van der Waals surface area contributed by atoms with Gasteiger partial charge in [-0.15, -0.1) is 0 Å². The Morgan fingerprint density at radius 3 is 3.18 bits per heavy atom. The molecule has 58 valence electrons. The number of hydrogen-bond acceptors (Lipinski definition) is 2. The van der Waals surface area contributed by atoms with Gasteiger partial charge in [0.15, 0.2) is 0 Å². The molecule has 0 saturated carbocycles. The minimum atomic E-state index is -0.429. The number of hydrogen-bond donors (Lipinski definition) is 1. The first-order chi connectivity index (χ1) is 5.27. The average molecular weight is 262 g/mol. The minimum absolute atomic E-state index is 0.398. The van der Waals surface area contributed by atoms with Crippen LogP contribution >= 0.6 is 22.6 Å². The van der Waals surface area contributed by atoms with Gasteiger partial charge < -0.3 is 9.84 Å². The summed E-state index contributed by atoms with van der Waals surface area (Å²) in [4.78, 5) is 0. The molecule has 0 amide bonds. The first-order valence-electron chi connectivity index (χ1n) is 3.37. The lowest BCUT2D eigenvalue weighted by molar-refractivity contribution is 0.140. The molecular weight excluding hydrogens is 255 g/mol. The quantitative estimate of drug-likeness (QED) is 0.721. The first kappa shape index (κ1) is 7.36. The van der Waals surface area contributed by atoms with Gasteiger partial charge in [-0.1, -0.05) is 6.07 Å². The summed E-state index contributed by atoms with van der Waals surface area (Å²) >= 11 is 2.22. The fraction of sp³-hybridized carbons (Fsp3) is 0.250. The van der Waals surface area contributed by atoms with Gasteiger partial charge >= 0.3 is 0 Å². The molecule has 11 heavy (non-hydrogen) atoms. The molecule has 1 atom stereocenters. The molecule has 0 saturated heterocycles. The number of aliphatic hydroxyl groups excluding tert-OH is 1. The van der Waals surface area contributed by atoms with E-state index in [1.54, 1.807) is 0 Å². The Kier molecular flexibility index (Phi) is 1.77. The first-order valence-corrected chi connectivity index (χ1v) is 4.45. The van der Waals surface area contributed by atoms with Crippen LogP contribution in [0.2, 0.25) is 0 Å². The monoisotopic (exact) mass is 262 g/mol. The molecule has 0 radical (unpaired) electrons. The van der Waals surface area contributed by atoms with Crippen LogP contribution in [-0.4, -0.2) is 11.7 Å². The van der Waals surface area contributed by atoms with Crippen molar-refractivity contribution in [2.45, 2.75) is 6.10 Å². The van der Waals surface area contributed by atoms with Gasteiger partial charge in [-0.2, -0.15) is 0 Å². The van der Waals surface area contributed by atoms with Crippen molar-refractivity contribution >= 4 is 22.6 Å². The molecule has 0 bridgehead atoms. The van der Waals surface area contributed by atoms with Crippen molar-refractivity contribution < 1.29 is 9.84 Å². The third-order valence-corrected chi connectivity index (χ3v) is 2.40. The Morgan fingerprint density at radius 1 is 1.55 bits per heavy atom. The zero-order valence-electron chi connectivity index (χ0n) is 5.75. The normalized spacial score (nSPS) is 21.1. The van der Waals surface area contributed by atoms with Crippen LogP contribution in [0.15, 0.2) is 18.2 Å². The highest BCUT2D eigenvalue weighted by atomic mass is 127. The lowest BCUT2D eigenvalue weighted by atomic mass is 10.1. The molecule has 1 unspecified atom stereocenters. The van der Waals surface area contributed by atoms with Crippen molar-refractivity contribution in [3.8, 4) is 5.75 Å². The Morgan fingerprint density at radius 2 is 2.36 bits per heavy atom. The summed E-state index contributed by atoms with van der Waals surface area (Å²) in [6.07, 6.45) is -0.429. The molecule has 1 aliphatic rings. The highest BCUT2D eigenvalue weighted by Gasteiger charge is 2.21. The molecule has 0 aromatic heterocycles. The Bertz CT molecular complexity index is 285. The molecule has 2 nitrogen and oxygen atoms in total. The summed E-state index contributed by atoms with van der Waals surface area (Å²) in [5.41, 5.74) is 0.908. The molecule has 1 aromatic carbocycles. The van der Waals surface area contributed by atoms with Crippen molar-refractivity contribution in [1.29, 1.82) is 0 Å². The van der Waals surface area contributed by atoms with E-state index in [4.69, 9.17) is 4.74 Å². The lowest BCUT2D eigenvalue weighted by Crippen LogP contribution is -1.97. The Hall–Kier alpha value is -0.290. The highest BCUT2D eigenvalue weighted by Crippen LogP contribution is 2.32. The lowest BCUT2D eigenvalue weighted by Gasteiger charge is -1.98. The highest BCUT2D eigenvalue weighted by molar-refractivity contribution is 14.1. The predicted octanol–water partition coefficient (Wildman–Crippen LogP) is 1.72. The van der Waals surface area contributed by atoms with Crippen LogP contribution in [0.5, 0.6) is 5.75 Å². The smallest absolute Gasteiger partial charge is 0.126 e. The van der Waals surface area contributed by atoms with Crippen LogP contribution < -0.4 is 4.74 Å². The summed E-state index contributed by atoms with van der Waals surface area (Å²) in [5, 5.41) is 9.34. The second-order valence-corrected chi connectivity index (χ2v) is 3.75. The third kappa shape index (κ3) is 1.22. The van der Waals surface area contributed by atoms with E-state index in [0.717, 1.165) is 14.9 Å². The maximum absolute atomic E-state index is 9.34. The molecule has 3 heteroatoms. The van der Waals surface area contributed by atoms with Crippen LogP contribution in [0.25, 0.3) is 0 Å². The average Bonchev–Trinajstić information content (AvgIpc) is 2.32. The van der Waals surface area contributed by atoms with Gasteiger partial charge in [-0.25, -0.2) is 0 Å². The topological polar surface area (TPSA) is 29.5 Å². The summed E-state index contributed by atoms with van der Waals surface area (Å²) in [6.45, 7) is 0.398. The number of halogens is 1. The second-order valence-electron chi connectivity index (χ2n) is 2.51. The Balaban J connectivity index is 2.50. The van der Waals surface area contributed by atoms with Crippen molar-refractivity contribution in [3.63, 3.8) is 0 Å². The van der Waals surface area contributed by atoms with Crippen molar-refractivity contribution in [2.24, 2.45) is 0 Å². The van der Waals surface area contributed by atoms with Gasteiger partial charge in [0.25, 0.3) is 0 Å². The van der Waals surface area contributed by atoms with E-state index in [1.165, 1.54) is 0 Å². The molecule has 1 aliphatic heterocycles. The number of fused-ring (bicyclic) bond motifs is 1. The minimum Gasteiger partial charge on any atom is -0.490 e. The SMILES string of the molecule is OC1COc2cc(I)ccc21. The zero-order valence-corrected chi connectivity index (χ0v) is 7.91. The van der Waals surface area contributed by atoms with E-state index in [2.05, 4.69) is 22.6 Å². The van der Waals surface area contributed by atoms with E-state index in [0.29, 0.717) is 6.61 Å². The van der Waals surface area contributed by atoms with E-state index in [-0.39, 0.29) is 0 Å². The molecular formula is C8H7IO2. The van der Waals surface area contributed by atoms with E-state index in [9.17, 15) is 5.11 Å². The van der Waals surface area contributed by atoms with Gasteiger partial charge in [0.05, 0.1) is 0 Å². The van der Waals surface area contributed by atoms with Crippen LogP contribution in [0, 0.1) is 3.57 Å². The summed E-state index contributed by atoms with van der Waals surface area (Å²) in [5.74, 6) is 0.824. The van der Waals surface area contributed by atoms with Crippen LogP contribution in [0.3, 0.4) is 0 Å². The number of ether oxygens (including phenoxy) is 1. The maximum atomic E-state index is 9.34. The van der Waals surface area contributed by atoms with Crippen LogP contribution in [0.1, 0.15) is 11.7 Å². The molecule has 1 heterocycles. The molecule has 1 N–H and O–H groups in total. The van der Waals surface area contributed by atoms with Crippen molar-refractivity contribution in [3.05, 3.63) is 27.3 Å². The maximum Gasteiger partial charge on any atom is 0.126 e. The van der Waals surface area contributed by atoms with Gasteiger partial charge in [-0.3, -0.25) is 0 Å². The second kappa shape index (κ2) is 2.64. The van der Waals surface area contributed by atoms with Crippen molar-refractivity contribution in [2.75, 3.05) is 6.61 Å². The molecule has 0 fully saturated rings. The summed E-state index contributed by atoms with van der Waals surface area (Å²) in [6, 6.07) is 5.82. The van der Waals surface area contributed by atoms with E-state index >= 15 is 0 Å². The molecule has 1 aromatic rings. The fourth-order valence-electron chi connectivity index (χ4n) is 1.17. The summed E-state index contributed by atoms with van der Waals surface area (Å²) in [7, 11) is 0. The standard InChI is InChI=1S/C8H7IO2/c9-5-1-2-6-7(10)4-11-8(6)3-5/h1-3,7,10H,4H2. The predicted molar refractivity (Wildman–Crippen MR) is 49.6 cm³/mol. The van der Waals surface area contributed by atoms with Crippen LogP contribution in [-0.2, 0) is 0 Å². The summed E-state index contributed by atoms with van der Waals surface area (Å²) < 4.78 is 6.37. The largest absolute Gasteiger partial charge is 0.490 e. The van der Waals surface area contributed by atoms with Gasteiger partial charge in [-0.05, 0) is 34.7 Å².